The molecule has 0 spiro atoms. The van der Waals surface area contributed by atoms with Gasteiger partial charge in [0.2, 0.25) is 0 Å². The number of carbonyl (C=O) groups is 1. The van der Waals surface area contributed by atoms with E-state index in [9.17, 15) is 4.79 Å². The normalized spacial score (nSPS) is 20.4. The second kappa shape index (κ2) is 4.16. The van der Waals surface area contributed by atoms with E-state index in [-0.39, 0.29) is 5.91 Å². The Balaban J connectivity index is 1.53. The monoisotopic (exact) mass is 273 g/mol. The van der Waals surface area contributed by atoms with Gasteiger partial charge >= 0.3 is 0 Å². The van der Waals surface area contributed by atoms with Crippen LogP contribution in [0.25, 0.3) is 0 Å². The molecule has 0 saturated heterocycles. The second-order valence-electron chi connectivity index (χ2n) is 5.61. The first-order valence-electron chi connectivity index (χ1n) is 6.92. The van der Waals surface area contributed by atoms with E-state index in [0.29, 0.717) is 17.4 Å². The number of hydrogen-bond donors (Lipinski definition) is 2. The fraction of sp³-hybridized carbons (Fsp3) is 0.538. The average molecular weight is 273 g/mol. The highest BCUT2D eigenvalue weighted by Gasteiger charge is 2.43. The first-order valence-corrected chi connectivity index (χ1v) is 6.92. The minimum absolute atomic E-state index is 0.211. The molecule has 2 aliphatic carbocycles. The molecule has 0 aromatic carbocycles. The van der Waals surface area contributed by atoms with Gasteiger partial charge < -0.3 is 9.84 Å². The Hall–Kier alpha value is -2.18. The fourth-order valence-corrected chi connectivity index (χ4v) is 2.63. The van der Waals surface area contributed by atoms with E-state index in [1.165, 1.54) is 6.33 Å². The highest BCUT2D eigenvalue weighted by molar-refractivity contribution is 5.92. The Morgan fingerprint density at radius 2 is 2.30 bits per heavy atom. The van der Waals surface area contributed by atoms with Crippen molar-refractivity contribution in [3.63, 3.8) is 0 Å². The van der Waals surface area contributed by atoms with Gasteiger partial charge in [-0.25, -0.2) is 4.98 Å². The molecular formula is C13H15N5O2. The summed E-state index contributed by atoms with van der Waals surface area (Å²) in [6, 6.07) is 1.75. The lowest BCUT2D eigenvalue weighted by molar-refractivity contribution is 0.0800. The van der Waals surface area contributed by atoms with Gasteiger partial charge in [-0.1, -0.05) is 5.16 Å². The number of nitrogens with one attached hydrogen (secondary N) is 2. The van der Waals surface area contributed by atoms with Crippen LogP contribution in [0.1, 0.15) is 60.1 Å². The molecule has 2 fully saturated rings. The highest BCUT2D eigenvalue weighted by atomic mass is 16.5. The number of amides is 1. The molecule has 0 aliphatic heterocycles. The molecule has 7 heteroatoms. The van der Waals surface area contributed by atoms with Crippen LogP contribution < -0.4 is 5.32 Å². The van der Waals surface area contributed by atoms with E-state index >= 15 is 0 Å². The molecule has 0 bridgehead atoms. The van der Waals surface area contributed by atoms with Crippen molar-refractivity contribution in [2.24, 2.45) is 0 Å². The van der Waals surface area contributed by atoms with Crippen LogP contribution >= 0.6 is 0 Å². The largest absolute Gasteiger partial charge is 0.360 e. The van der Waals surface area contributed by atoms with Crippen LogP contribution in [0, 0.1) is 0 Å². The first-order chi connectivity index (χ1) is 9.77. The number of aromatic nitrogens is 4. The Labute approximate surface area is 115 Å². The number of hydrogen-bond acceptors (Lipinski definition) is 5. The third-order valence-electron chi connectivity index (χ3n) is 4.17. The molecule has 104 valence electrons. The van der Waals surface area contributed by atoms with Gasteiger partial charge in [-0.05, 0) is 32.1 Å². The summed E-state index contributed by atoms with van der Waals surface area (Å²) in [5, 5.41) is 13.6. The van der Waals surface area contributed by atoms with Crippen molar-refractivity contribution in [3.8, 4) is 0 Å². The van der Waals surface area contributed by atoms with E-state index < -0.39 is 5.54 Å². The summed E-state index contributed by atoms with van der Waals surface area (Å²) in [5.41, 5.74) is -0.0792. The van der Waals surface area contributed by atoms with Gasteiger partial charge in [0.15, 0.2) is 5.69 Å². The maximum Gasteiger partial charge on any atom is 0.274 e. The standard InChI is InChI=1S/C13H15N5O2/c19-11(9-6-10(20-18-9)8-2-3-8)16-13(4-1-5-13)12-14-7-15-17-12/h6-8H,1-5H2,(H,16,19)(H,14,15,17). The number of carbonyl (C=O) groups excluding carboxylic acids is 1. The summed E-state index contributed by atoms with van der Waals surface area (Å²) in [7, 11) is 0. The molecule has 0 unspecified atom stereocenters. The van der Waals surface area contributed by atoms with E-state index in [2.05, 4.69) is 25.7 Å². The van der Waals surface area contributed by atoms with Crippen LogP contribution in [-0.4, -0.2) is 26.2 Å². The summed E-state index contributed by atoms with van der Waals surface area (Å²) in [5.74, 6) is 1.77. The van der Waals surface area contributed by atoms with E-state index in [4.69, 9.17) is 4.52 Å². The van der Waals surface area contributed by atoms with Crippen molar-refractivity contribution in [1.82, 2.24) is 25.7 Å². The summed E-state index contributed by atoms with van der Waals surface area (Å²) in [4.78, 5) is 16.5. The van der Waals surface area contributed by atoms with Crippen LogP contribution in [0.2, 0.25) is 0 Å². The molecule has 20 heavy (non-hydrogen) atoms. The predicted molar refractivity (Wildman–Crippen MR) is 67.9 cm³/mol. The third kappa shape index (κ3) is 1.81. The number of H-pyrrole nitrogens is 1. The summed E-state index contributed by atoms with van der Waals surface area (Å²) in [6.07, 6.45) is 6.50. The van der Waals surface area contributed by atoms with Gasteiger partial charge in [-0.3, -0.25) is 9.89 Å². The van der Waals surface area contributed by atoms with Gasteiger partial charge in [0.05, 0.1) is 5.54 Å². The SMILES string of the molecule is O=C(NC1(c2ncn[nH]2)CCC1)c1cc(C2CC2)on1. The predicted octanol–water partition coefficient (Wildman–Crippen LogP) is 1.48. The van der Waals surface area contributed by atoms with Crippen molar-refractivity contribution in [3.05, 3.63) is 29.7 Å². The van der Waals surface area contributed by atoms with E-state index in [1.54, 1.807) is 6.07 Å². The molecule has 2 aromatic rings. The molecule has 2 saturated carbocycles. The van der Waals surface area contributed by atoms with Gasteiger partial charge in [-0.15, -0.1) is 0 Å². The fourth-order valence-electron chi connectivity index (χ4n) is 2.63. The third-order valence-corrected chi connectivity index (χ3v) is 4.17. The number of rotatable bonds is 4. The van der Waals surface area contributed by atoms with Crippen molar-refractivity contribution < 1.29 is 9.32 Å². The van der Waals surface area contributed by atoms with Gasteiger partial charge in [0.25, 0.3) is 5.91 Å². The second-order valence-corrected chi connectivity index (χ2v) is 5.61. The molecule has 0 radical (unpaired) electrons. The summed E-state index contributed by atoms with van der Waals surface area (Å²) < 4.78 is 5.22. The molecule has 7 nitrogen and oxygen atoms in total. The quantitative estimate of drug-likeness (QED) is 0.879. The molecule has 1 amide bonds. The number of nitrogens with zero attached hydrogens (tertiary/aromatic N) is 3. The Kier molecular flexibility index (Phi) is 2.42. The molecule has 0 atom stereocenters. The van der Waals surface area contributed by atoms with Crippen LogP contribution in [0.15, 0.2) is 16.9 Å². The Bertz CT molecular complexity index is 625. The minimum atomic E-state index is -0.424. The maximum absolute atomic E-state index is 12.3. The molecule has 2 aliphatic rings. The Morgan fingerprint density at radius 1 is 1.45 bits per heavy atom. The Morgan fingerprint density at radius 3 is 2.90 bits per heavy atom. The van der Waals surface area contributed by atoms with Crippen molar-refractivity contribution in [1.29, 1.82) is 0 Å². The molecule has 2 heterocycles. The molecule has 2 aromatic heterocycles. The maximum atomic E-state index is 12.3. The van der Waals surface area contributed by atoms with Gasteiger partial charge in [0, 0.05) is 12.0 Å². The zero-order valence-electron chi connectivity index (χ0n) is 10.9. The van der Waals surface area contributed by atoms with Crippen molar-refractivity contribution >= 4 is 5.91 Å². The average Bonchev–Trinajstić information content (AvgIpc) is 2.94. The van der Waals surface area contributed by atoms with E-state index in [0.717, 1.165) is 37.9 Å². The minimum Gasteiger partial charge on any atom is -0.360 e. The topological polar surface area (TPSA) is 96.7 Å². The summed E-state index contributed by atoms with van der Waals surface area (Å²) in [6.45, 7) is 0. The lowest BCUT2D eigenvalue weighted by Gasteiger charge is -2.40. The van der Waals surface area contributed by atoms with Crippen LogP contribution in [-0.2, 0) is 5.54 Å². The first kappa shape index (κ1) is 11.6. The highest BCUT2D eigenvalue weighted by Crippen LogP contribution is 2.41. The van der Waals surface area contributed by atoms with E-state index in [1.807, 2.05) is 0 Å². The zero-order chi connectivity index (χ0) is 13.6. The molecule has 2 N–H and O–H groups in total. The van der Waals surface area contributed by atoms with Crippen LogP contribution in [0.4, 0.5) is 0 Å². The lowest BCUT2D eigenvalue weighted by atomic mass is 9.76. The van der Waals surface area contributed by atoms with Gasteiger partial charge in [-0.2, -0.15) is 5.10 Å². The molecule has 4 rings (SSSR count). The lowest BCUT2D eigenvalue weighted by Crippen LogP contribution is -2.51. The van der Waals surface area contributed by atoms with Crippen molar-refractivity contribution in [2.45, 2.75) is 43.6 Å². The van der Waals surface area contributed by atoms with Crippen LogP contribution in [0.5, 0.6) is 0 Å². The van der Waals surface area contributed by atoms with Crippen LogP contribution in [0.3, 0.4) is 0 Å². The molecular weight excluding hydrogens is 258 g/mol. The zero-order valence-corrected chi connectivity index (χ0v) is 10.9. The smallest absolute Gasteiger partial charge is 0.274 e. The van der Waals surface area contributed by atoms with Crippen molar-refractivity contribution in [2.75, 3.05) is 0 Å². The number of aromatic amines is 1. The van der Waals surface area contributed by atoms with Gasteiger partial charge in [0.1, 0.15) is 17.9 Å². The summed E-state index contributed by atoms with van der Waals surface area (Å²) >= 11 is 0.